The molecule has 0 unspecified atom stereocenters. The van der Waals surface area contributed by atoms with Crippen LogP contribution in [-0.2, 0) is 6.42 Å². The summed E-state index contributed by atoms with van der Waals surface area (Å²) in [6.45, 7) is 0. The van der Waals surface area contributed by atoms with Crippen molar-refractivity contribution < 1.29 is 0 Å². The first kappa shape index (κ1) is 25.2. The molecule has 2 aromatic heterocycles. The molecule has 2 aliphatic rings. The van der Waals surface area contributed by atoms with Crippen LogP contribution in [0.25, 0.3) is 61.3 Å². The highest BCUT2D eigenvalue weighted by Gasteiger charge is 2.22. The van der Waals surface area contributed by atoms with Crippen LogP contribution < -0.4 is 0 Å². The quantitative estimate of drug-likeness (QED) is 0.201. The molecule has 0 fully saturated rings. The highest BCUT2D eigenvalue weighted by Crippen LogP contribution is 2.40. The molecule has 0 spiro atoms. The maximum atomic E-state index is 2.53. The van der Waals surface area contributed by atoms with E-state index in [2.05, 4.69) is 161 Å². The van der Waals surface area contributed by atoms with E-state index in [0.29, 0.717) is 5.92 Å². The van der Waals surface area contributed by atoms with Crippen molar-refractivity contribution >= 4 is 38.8 Å². The van der Waals surface area contributed by atoms with Crippen LogP contribution in [0.15, 0.2) is 146 Å². The van der Waals surface area contributed by atoms with Gasteiger partial charge in [0.15, 0.2) is 0 Å². The molecule has 0 saturated carbocycles. The lowest BCUT2D eigenvalue weighted by Gasteiger charge is -2.21. The third kappa shape index (κ3) is 3.88. The zero-order chi connectivity index (χ0) is 29.0. The van der Waals surface area contributed by atoms with Gasteiger partial charge in [0.1, 0.15) is 0 Å². The molecule has 0 N–H and O–H groups in total. The first-order chi connectivity index (χ1) is 21.8. The van der Waals surface area contributed by atoms with Gasteiger partial charge in [-0.3, -0.25) is 0 Å². The maximum absolute atomic E-state index is 2.53. The number of rotatable bonds is 4. The number of fused-ring (bicyclic) bond motifs is 6. The van der Waals surface area contributed by atoms with E-state index < -0.39 is 0 Å². The molecule has 0 radical (unpaired) electrons. The molecular weight excluding hydrogens is 532 g/mol. The van der Waals surface area contributed by atoms with Crippen molar-refractivity contribution in [3.63, 3.8) is 0 Å². The summed E-state index contributed by atoms with van der Waals surface area (Å²) in [5, 5.41) is 3.88. The number of allylic oxidation sites excluding steroid dienone is 5. The lowest BCUT2D eigenvalue weighted by molar-refractivity contribution is 0.855. The van der Waals surface area contributed by atoms with Gasteiger partial charge in [-0.25, -0.2) is 0 Å². The summed E-state index contributed by atoms with van der Waals surface area (Å²) in [5.41, 5.74) is 12.8. The number of aromatic nitrogens is 2. The number of hydrogen-bond donors (Lipinski definition) is 0. The first-order valence-electron chi connectivity index (χ1n) is 15.7. The SMILES string of the molecule is C1=CC[C@@H](c2ccccc2-c2cc(-n3c4c(c5ccccc53)C=CCC4)cc(-n3c4ccccc4c4ccccc43)c2)C=C1. The second kappa shape index (κ2) is 10.1. The van der Waals surface area contributed by atoms with Gasteiger partial charge in [-0.2, -0.15) is 0 Å². The molecule has 0 aliphatic heterocycles. The van der Waals surface area contributed by atoms with Gasteiger partial charge in [-0.05, 0) is 72.4 Å². The number of nitrogens with zero attached hydrogens (tertiary/aromatic N) is 2. The molecule has 0 saturated heterocycles. The molecular formula is C42H32N2. The molecule has 9 rings (SSSR count). The van der Waals surface area contributed by atoms with Crippen molar-refractivity contribution in [1.29, 1.82) is 0 Å². The van der Waals surface area contributed by atoms with Crippen molar-refractivity contribution in [2.75, 3.05) is 0 Å². The van der Waals surface area contributed by atoms with Gasteiger partial charge in [0.25, 0.3) is 0 Å². The summed E-state index contributed by atoms with van der Waals surface area (Å²) in [6.07, 6.45) is 16.7. The Kier molecular flexibility index (Phi) is 5.80. The topological polar surface area (TPSA) is 9.86 Å². The van der Waals surface area contributed by atoms with Crippen LogP contribution in [0.2, 0.25) is 0 Å². The lowest BCUT2D eigenvalue weighted by atomic mass is 9.86. The highest BCUT2D eigenvalue weighted by atomic mass is 15.0. The smallest absolute Gasteiger partial charge is 0.0541 e. The molecule has 44 heavy (non-hydrogen) atoms. The Hall–Kier alpha value is -5.34. The summed E-state index contributed by atoms with van der Waals surface area (Å²) in [4.78, 5) is 0. The Balaban J connectivity index is 1.37. The van der Waals surface area contributed by atoms with E-state index in [1.807, 2.05) is 0 Å². The van der Waals surface area contributed by atoms with Gasteiger partial charge >= 0.3 is 0 Å². The summed E-state index contributed by atoms with van der Waals surface area (Å²) in [6, 6.07) is 42.7. The Labute approximate surface area is 257 Å². The van der Waals surface area contributed by atoms with Gasteiger partial charge in [-0.15, -0.1) is 0 Å². The van der Waals surface area contributed by atoms with E-state index in [1.54, 1.807) is 0 Å². The largest absolute Gasteiger partial charge is 0.313 e. The predicted molar refractivity (Wildman–Crippen MR) is 186 cm³/mol. The fourth-order valence-corrected chi connectivity index (χ4v) is 7.57. The second-order valence-corrected chi connectivity index (χ2v) is 12.0. The lowest BCUT2D eigenvalue weighted by Crippen LogP contribution is -2.05. The van der Waals surface area contributed by atoms with E-state index in [1.165, 1.54) is 72.0 Å². The van der Waals surface area contributed by atoms with Crippen LogP contribution in [0, 0.1) is 0 Å². The molecule has 0 amide bonds. The minimum absolute atomic E-state index is 0.363. The number of hydrogen-bond acceptors (Lipinski definition) is 0. The normalized spacial score (nSPS) is 15.9. The second-order valence-electron chi connectivity index (χ2n) is 12.0. The number of para-hydroxylation sites is 3. The van der Waals surface area contributed by atoms with Crippen molar-refractivity contribution in [2.45, 2.75) is 25.2 Å². The fourth-order valence-electron chi connectivity index (χ4n) is 7.57. The van der Waals surface area contributed by atoms with Crippen LogP contribution in [0.1, 0.15) is 35.6 Å². The molecule has 1 atom stereocenters. The van der Waals surface area contributed by atoms with Crippen LogP contribution >= 0.6 is 0 Å². The summed E-state index contributed by atoms with van der Waals surface area (Å²) >= 11 is 0. The molecule has 7 aromatic rings. The van der Waals surface area contributed by atoms with Crippen molar-refractivity contribution in [2.24, 2.45) is 0 Å². The van der Waals surface area contributed by atoms with Gasteiger partial charge in [0.05, 0.1) is 16.6 Å². The van der Waals surface area contributed by atoms with Crippen molar-refractivity contribution in [3.05, 3.63) is 162 Å². The minimum Gasteiger partial charge on any atom is -0.313 e. The molecule has 210 valence electrons. The Morgan fingerprint density at radius 3 is 1.93 bits per heavy atom. The molecule has 5 aromatic carbocycles. The third-order valence-corrected chi connectivity index (χ3v) is 9.50. The van der Waals surface area contributed by atoms with E-state index >= 15 is 0 Å². The third-order valence-electron chi connectivity index (χ3n) is 9.50. The Morgan fingerprint density at radius 1 is 0.568 bits per heavy atom. The average molecular weight is 565 g/mol. The molecule has 2 nitrogen and oxygen atoms in total. The van der Waals surface area contributed by atoms with Crippen LogP contribution in [-0.4, -0.2) is 9.13 Å². The van der Waals surface area contributed by atoms with Gasteiger partial charge < -0.3 is 9.13 Å². The van der Waals surface area contributed by atoms with Crippen molar-refractivity contribution in [3.8, 4) is 22.5 Å². The average Bonchev–Trinajstić information content (AvgIpc) is 3.62. The summed E-state index contributed by atoms with van der Waals surface area (Å²) in [7, 11) is 0. The van der Waals surface area contributed by atoms with Crippen molar-refractivity contribution in [1.82, 2.24) is 9.13 Å². The van der Waals surface area contributed by atoms with E-state index in [0.717, 1.165) is 19.3 Å². The number of benzene rings is 5. The Morgan fingerprint density at radius 2 is 1.20 bits per heavy atom. The van der Waals surface area contributed by atoms with E-state index in [9.17, 15) is 0 Å². The summed E-state index contributed by atoms with van der Waals surface area (Å²) < 4.78 is 4.99. The highest BCUT2D eigenvalue weighted by molar-refractivity contribution is 6.09. The van der Waals surface area contributed by atoms with Gasteiger partial charge in [0.2, 0.25) is 0 Å². The zero-order valence-corrected chi connectivity index (χ0v) is 24.5. The monoisotopic (exact) mass is 564 g/mol. The van der Waals surface area contributed by atoms with E-state index in [-0.39, 0.29) is 0 Å². The van der Waals surface area contributed by atoms with Crippen LogP contribution in [0.4, 0.5) is 0 Å². The maximum Gasteiger partial charge on any atom is 0.0541 e. The van der Waals surface area contributed by atoms with Gasteiger partial charge in [-0.1, -0.05) is 115 Å². The minimum atomic E-state index is 0.363. The van der Waals surface area contributed by atoms with E-state index in [4.69, 9.17) is 0 Å². The Bertz CT molecular complexity index is 2270. The molecule has 2 aliphatic carbocycles. The molecule has 0 bridgehead atoms. The van der Waals surface area contributed by atoms with Crippen LogP contribution in [0.3, 0.4) is 0 Å². The zero-order valence-electron chi connectivity index (χ0n) is 24.5. The molecule has 2 heteroatoms. The predicted octanol–water partition coefficient (Wildman–Crippen LogP) is 11.0. The fraction of sp³-hybridized carbons (Fsp3) is 0.0952. The van der Waals surface area contributed by atoms with Gasteiger partial charge in [0, 0.05) is 44.7 Å². The summed E-state index contributed by atoms with van der Waals surface area (Å²) in [5.74, 6) is 0.363. The standard InChI is InChI=1S/C42H32N2/c1-2-14-29(15-3-1)33-16-4-5-17-34(33)30-26-31(43-39-22-10-6-18-35(39)36-19-7-11-23-40(36)43)28-32(27-30)44-41-24-12-8-20-37(41)38-21-9-13-25-42(38)44/h1-12,14,16-24,26-29H,13,15,25H2/t29-/m0/s1. The van der Waals surface area contributed by atoms with Crippen LogP contribution in [0.5, 0.6) is 0 Å². The molecule has 2 heterocycles. The first-order valence-corrected chi connectivity index (χ1v) is 15.7.